The Morgan fingerprint density at radius 3 is 2.83 bits per heavy atom. The lowest BCUT2D eigenvalue weighted by Gasteiger charge is -2.28. The summed E-state index contributed by atoms with van der Waals surface area (Å²) in [4.78, 5) is 35.0. The number of nitrogens with zero attached hydrogens (tertiary/aromatic N) is 2. The maximum absolute atomic E-state index is 12.7. The average molecular weight is 438 g/mol. The highest BCUT2D eigenvalue weighted by Gasteiger charge is 2.44. The summed E-state index contributed by atoms with van der Waals surface area (Å²) in [6.07, 6.45) is 4.09. The van der Waals surface area contributed by atoms with Gasteiger partial charge in [-0.15, -0.1) is 0 Å². The first-order valence-corrected chi connectivity index (χ1v) is 11.7. The molecule has 0 radical (unpaired) electrons. The summed E-state index contributed by atoms with van der Waals surface area (Å²) in [5.74, 6) is -0.795. The number of carbonyl (C=O) groups is 1. The molecule has 1 fully saturated rings. The van der Waals surface area contributed by atoms with Crippen LogP contribution in [0.1, 0.15) is 38.2 Å². The van der Waals surface area contributed by atoms with Crippen molar-refractivity contribution in [1.82, 2.24) is 15.0 Å². The van der Waals surface area contributed by atoms with Gasteiger partial charge in [-0.3, -0.25) is 14.2 Å². The SMILES string of the molecule is Cc1ccc2c(=O)n(CC[C@](C)(C(=O)NOC3CCCCO3)S(C)(=O)=O)cnc2c1. The van der Waals surface area contributed by atoms with Crippen molar-refractivity contribution in [3.05, 3.63) is 40.4 Å². The molecule has 1 amide bonds. The number of fused-ring (bicyclic) bond motifs is 1. The molecule has 1 saturated heterocycles. The highest BCUT2D eigenvalue weighted by molar-refractivity contribution is 7.92. The first-order chi connectivity index (χ1) is 14.1. The molecule has 2 atom stereocenters. The maximum atomic E-state index is 12.7. The van der Waals surface area contributed by atoms with Gasteiger partial charge in [0.05, 0.1) is 17.2 Å². The molecule has 1 N–H and O–H groups in total. The monoisotopic (exact) mass is 437 g/mol. The van der Waals surface area contributed by atoms with Crippen LogP contribution in [0.4, 0.5) is 0 Å². The Labute approximate surface area is 175 Å². The van der Waals surface area contributed by atoms with Crippen LogP contribution in [0.15, 0.2) is 29.3 Å². The first-order valence-electron chi connectivity index (χ1n) is 9.85. The lowest BCUT2D eigenvalue weighted by molar-refractivity contribution is -0.201. The molecule has 1 aromatic carbocycles. The fourth-order valence-corrected chi connectivity index (χ4v) is 4.10. The van der Waals surface area contributed by atoms with Gasteiger partial charge in [0.15, 0.2) is 20.9 Å². The zero-order chi connectivity index (χ0) is 21.9. The fraction of sp³-hybridized carbons (Fsp3) is 0.550. The summed E-state index contributed by atoms with van der Waals surface area (Å²) in [7, 11) is -3.82. The van der Waals surface area contributed by atoms with E-state index in [4.69, 9.17) is 9.57 Å². The van der Waals surface area contributed by atoms with Crippen LogP contribution in [-0.4, -0.2) is 47.8 Å². The number of benzene rings is 1. The van der Waals surface area contributed by atoms with Crippen molar-refractivity contribution in [3.63, 3.8) is 0 Å². The molecular formula is C20H27N3O6S. The molecule has 1 aromatic heterocycles. The molecule has 30 heavy (non-hydrogen) atoms. The summed E-state index contributed by atoms with van der Waals surface area (Å²) in [5.41, 5.74) is 3.50. The number of sulfone groups is 1. The van der Waals surface area contributed by atoms with E-state index >= 15 is 0 Å². The second-order valence-electron chi connectivity index (χ2n) is 7.86. The van der Waals surface area contributed by atoms with E-state index in [-0.39, 0.29) is 18.5 Å². The summed E-state index contributed by atoms with van der Waals surface area (Å²) in [5, 5.41) is 0.436. The van der Waals surface area contributed by atoms with Crippen LogP contribution in [0.25, 0.3) is 10.9 Å². The molecule has 1 aliphatic heterocycles. The van der Waals surface area contributed by atoms with Crippen molar-refractivity contribution in [3.8, 4) is 0 Å². The third-order valence-corrected chi connectivity index (χ3v) is 7.56. The molecule has 2 heterocycles. The molecule has 0 bridgehead atoms. The Kier molecular flexibility index (Phi) is 6.59. The highest BCUT2D eigenvalue weighted by atomic mass is 32.2. The second-order valence-corrected chi connectivity index (χ2v) is 10.3. The van der Waals surface area contributed by atoms with E-state index in [1.165, 1.54) is 17.8 Å². The minimum atomic E-state index is -3.82. The van der Waals surface area contributed by atoms with Crippen molar-refractivity contribution in [2.45, 2.75) is 57.1 Å². The van der Waals surface area contributed by atoms with Gasteiger partial charge in [0.1, 0.15) is 0 Å². The zero-order valence-corrected chi connectivity index (χ0v) is 18.2. The second kappa shape index (κ2) is 8.83. The first kappa shape index (κ1) is 22.4. The Morgan fingerprint density at radius 2 is 2.17 bits per heavy atom. The number of hydrogen-bond acceptors (Lipinski definition) is 7. The normalized spacial score (nSPS) is 19.4. The molecule has 0 saturated carbocycles. The van der Waals surface area contributed by atoms with E-state index in [9.17, 15) is 18.0 Å². The van der Waals surface area contributed by atoms with Crippen molar-refractivity contribution >= 4 is 26.6 Å². The Morgan fingerprint density at radius 1 is 1.40 bits per heavy atom. The largest absolute Gasteiger partial charge is 0.350 e. The van der Waals surface area contributed by atoms with Gasteiger partial charge in [-0.2, -0.15) is 0 Å². The lowest BCUT2D eigenvalue weighted by Crippen LogP contribution is -2.51. The van der Waals surface area contributed by atoms with Gasteiger partial charge in [0.25, 0.3) is 11.5 Å². The van der Waals surface area contributed by atoms with Crippen molar-refractivity contribution in [1.29, 1.82) is 0 Å². The summed E-state index contributed by atoms with van der Waals surface area (Å²) in [6, 6.07) is 5.31. The standard InChI is InChI=1S/C20H27N3O6S/c1-14-7-8-15-16(12-14)21-13-23(18(15)24)10-9-20(2,30(3,26)27)19(25)22-29-17-6-4-5-11-28-17/h7-8,12-13,17H,4-6,9-11H2,1-3H3,(H,22,25)/t17?,20-/m1/s1. The summed E-state index contributed by atoms with van der Waals surface area (Å²) < 4.78 is 29.8. The van der Waals surface area contributed by atoms with Gasteiger partial charge in [-0.25, -0.2) is 23.7 Å². The minimum absolute atomic E-state index is 0.00652. The van der Waals surface area contributed by atoms with Crippen LogP contribution in [0, 0.1) is 6.92 Å². The molecule has 10 heteroatoms. The Balaban J connectivity index is 1.77. The third-order valence-electron chi connectivity index (χ3n) is 5.53. The van der Waals surface area contributed by atoms with Crippen LogP contribution in [-0.2, 0) is 30.8 Å². The quantitative estimate of drug-likeness (QED) is 0.652. The van der Waals surface area contributed by atoms with Gasteiger partial charge in [0.2, 0.25) is 0 Å². The number of aryl methyl sites for hydroxylation is 2. The number of hydrogen-bond donors (Lipinski definition) is 1. The summed E-state index contributed by atoms with van der Waals surface area (Å²) in [6.45, 7) is 3.77. The topological polar surface area (TPSA) is 117 Å². The van der Waals surface area contributed by atoms with E-state index in [0.29, 0.717) is 23.9 Å². The molecule has 1 unspecified atom stereocenters. The Hall–Kier alpha value is -2.30. The smallest absolute Gasteiger partial charge is 0.264 e. The van der Waals surface area contributed by atoms with Gasteiger partial charge in [-0.1, -0.05) is 6.07 Å². The van der Waals surface area contributed by atoms with E-state index < -0.39 is 26.8 Å². The van der Waals surface area contributed by atoms with E-state index in [1.54, 1.807) is 12.1 Å². The maximum Gasteiger partial charge on any atom is 0.264 e. The van der Waals surface area contributed by atoms with Crippen LogP contribution < -0.4 is 11.0 Å². The summed E-state index contributed by atoms with van der Waals surface area (Å²) >= 11 is 0. The van der Waals surface area contributed by atoms with Crippen LogP contribution in [0.2, 0.25) is 0 Å². The number of carbonyl (C=O) groups excluding carboxylic acids is 1. The van der Waals surface area contributed by atoms with E-state index in [0.717, 1.165) is 24.7 Å². The Bertz CT molecular complexity index is 1090. The number of hydroxylamine groups is 1. The van der Waals surface area contributed by atoms with Gasteiger partial charge < -0.3 is 4.74 Å². The number of amides is 1. The molecule has 164 valence electrons. The average Bonchev–Trinajstić information content (AvgIpc) is 2.71. The number of rotatable bonds is 7. The third kappa shape index (κ3) is 4.71. The van der Waals surface area contributed by atoms with Crippen LogP contribution in [0.3, 0.4) is 0 Å². The molecule has 9 nitrogen and oxygen atoms in total. The minimum Gasteiger partial charge on any atom is -0.350 e. The van der Waals surface area contributed by atoms with Gasteiger partial charge in [-0.05, 0) is 50.8 Å². The zero-order valence-electron chi connectivity index (χ0n) is 17.4. The predicted molar refractivity (Wildman–Crippen MR) is 111 cm³/mol. The van der Waals surface area contributed by atoms with Crippen molar-refractivity contribution in [2.24, 2.45) is 0 Å². The fourth-order valence-electron chi connectivity index (χ4n) is 3.26. The molecule has 0 spiro atoms. The van der Waals surface area contributed by atoms with Crippen molar-refractivity contribution in [2.75, 3.05) is 12.9 Å². The number of ether oxygens (including phenoxy) is 1. The predicted octanol–water partition coefficient (Wildman–Crippen LogP) is 1.47. The molecule has 2 aromatic rings. The molecule has 1 aliphatic rings. The number of aromatic nitrogens is 2. The van der Waals surface area contributed by atoms with Gasteiger partial charge >= 0.3 is 0 Å². The van der Waals surface area contributed by atoms with Gasteiger partial charge in [0, 0.05) is 25.8 Å². The lowest BCUT2D eigenvalue weighted by atomic mass is 10.1. The van der Waals surface area contributed by atoms with Crippen LogP contribution >= 0.6 is 0 Å². The molecule has 3 rings (SSSR count). The van der Waals surface area contributed by atoms with Crippen LogP contribution in [0.5, 0.6) is 0 Å². The number of nitrogens with one attached hydrogen (secondary N) is 1. The highest BCUT2D eigenvalue weighted by Crippen LogP contribution is 2.23. The van der Waals surface area contributed by atoms with E-state index in [1.807, 2.05) is 13.0 Å². The molecular weight excluding hydrogens is 410 g/mol. The molecule has 0 aliphatic carbocycles. The van der Waals surface area contributed by atoms with Crippen molar-refractivity contribution < 1.29 is 22.8 Å². The van der Waals surface area contributed by atoms with E-state index in [2.05, 4.69) is 10.5 Å².